The van der Waals surface area contributed by atoms with Crippen molar-refractivity contribution in [1.29, 1.82) is 5.26 Å². The summed E-state index contributed by atoms with van der Waals surface area (Å²) in [6, 6.07) is 15.4. The molecular weight excluding hydrogens is 324 g/mol. The largest absolute Gasteiger partial charge is 0.334 e. The van der Waals surface area contributed by atoms with Crippen molar-refractivity contribution in [2.24, 2.45) is 5.92 Å². The van der Waals surface area contributed by atoms with Gasteiger partial charge in [-0.2, -0.15) is 5.26 Å². The maximum Gasteiger partial charge on any atom is 0.254 e. The van der Waals surface area contributed by atoms with E-state index in [9.17, 15) is 4.79 Å². The molecule has 26 heavy (non-hydrogen) atoms. The third-order valence-corrected chi connectivity index (χ3v) is 5.40. The van der Waals surface area contributed by atoms with Gasteiger partial charge in [-0.3, -0.25) is 14.7 Å². The molecule has 0 radical (unpaired) electrons. The summed E-state index contributed by atoms with van der Waals surface area (Å²) < 4.78 is 0. The van der Waals surface area contributed by atoms with Crippen LogP contribution in [-0.2, 0) is 6.54 Å². The number of piperidine rings is 1. The lowest BCUT2D eigenvalue weighted by Gasteiger charge is -2.36. The van der Waals surface area contributed by atoms with Crippen LogP contribution in [0.3, 0.4) is 0 Å². The van der Waals surface area contributed by atoms with Gasteiger partial charge in [0, 0.05) is 44.0 Å². The van der Waals surface area contributed by atoms with Gasteiger partial charge in [-0.1, -0.05) is 12.1 Å². The molecule has 0 N–H and O–H groups in total. The minimum Gasteiger partial charge on any atom is -0.334 e. The van der Waals surface area contributed by atoms with Crippen LogP contribution >= 0.6 is 0 Å². The van der Waals surface area contributed by atoms with E-state index in [1.54, 1.807) is 18.2 Å². The second kappa shape index (κ2) is 7.27. The smallest absolute Gasteiger partial charge is 0.254 e. The number of hydrogen-bond donors (Lipinski definition) is 0. The summed E-state index contributed by atoms with van der Waals surface area (Å²) in [6.45, 7) is 3.53. The number of nitriles is 1. The van der Waals surface area contributed by atoms with E-state index in [0.717, 1.165) is 38.3 Å². The van der Waals surface area contributed by atoms with Gasteiger partial charge < -0.3 is 4.90 Å². The lowest BCUT2D eigenvalue weighted by molar-refractivity contribution is 0.0585. The number of carbonyl (C=O) groups is 1. The number of rotatable bonds is 3. The molecule has 2 atom stereocenters. The maximum absolute atomic E-state index is 13.1. The molecule has 5 rings (SSSR count). The molecule has 0 unspecified atom stereocenters. The van der Waals surface area contributed by atoms with Crippen molar-refractivity contribution in [1.82, 2.24) is 14.8 Å². The van der Waals surface area contributed by atoms with E-state index in [2.05, 4.69) is 22.0 Å². The molecule has 3 fully saturated rings. The van der Waals surface area contributed by atoms with Gasteiger partial charge in [0.2, 0.25) is 0 Å². The van der Waals surface area contributed by atoms with Gasteiger partial charge in [0.15, 0.2) is 0 Å². The molecule has 3 saturated heterocycles. The highest BCUT2D eigenvalue weighted by Crippen LogP contribution is 2.30. The van der Waals surface area contributed by atoms with Gasteiger partial charge >= 0.3 is 0 Å². The van der Waals surface area contributed by atoms with Crippen LogP contribution in [0.5, 0.6) is 0 Å². The summed E-state index contributed by atoms with van der Waals surface area (Å²) in [5.74, 6) is 0.553. The first-order chi connectivity index (χ1) is 12.7. The molecule has 0 spiro atoms. The van der Waals surface area contributed by atoms with Crippen molar-refractivity contribution in [3.8, 4) is 6.07 Å². The predicted molar refractivity (Wildman–Crippen MR) is 98.2 cm³/mol. The van der Waals surface area contributed by atoms with Gasteiger partial charge in [-0.15, -0.1) is 0 Å². The summed E-state index contributed by atoms with van der Waals surface area (Å²) in [6.07, 6.45) is 4.05. The molecule has 1 aromatic carbocycles. The molecule has 1 aromatic heterocycles. The Morgan fingerprint density at radius 3 is 2.88 bits per heavy atom. The van der Waals surface area contributed by atoms with Crippen molar-refractivity contribution in [2.75, 3.05) is 19.6 Å². The number of hydrogen-bond acceptors (Lipinski definition) is 4. The van der Waals surface area contributed by atoms with E-state index in [1.165, 1.54) is 6.42 Å². The van der Waals surface area contributed by atoms with Gasteiger partial charge in [-0.05, 0) is 49.1 Å². The van der Waals surface area contributed by atoms with E-state index >= 15 is 0 Å². The zero-order valence-electron chi connectivity index (χ0n) is 14.7. The Balaban J connectivity index is 1.51. The van der Waals surface area contributed by atoms with Crippen LogP contribution in [0, 0.1) is 17.2 Å². The molecule has 132 valence electrons. The standard InChI is InChI=1S/C21H22N4O/c22-11-16-4-3-5-18(10-16)21(26)25-13-17-7-8-20(25)15-24(12-17)14-19-6-1-2-9-23-19/h1-6,9-10,17,20H,7-8,12-15H2/t17-,20+/m0/s1. The number of nitrogens with zero attached hydrogens (tertiary/aromatic N) is 4. The molecule has 0 saturated carbocycles. The Kier molecular flexibility index (Phi) is 4.68. The fourth-order valence-electron chi connectivity index (χ4n) is 4.17. The monoisotopic (exact) mass is 346 g/mol. The number of amides is 1. The summed E-state index contributed by atoms with van der Waals surface area (Å²) in [4.78, 5) is 22.0. The summed E-state index contributed by atoms with van der Waals surface area (Å²) in [5, 5.41) is 9.09. The van der Waals surface area contributed by atoms with Crippen LogP contribution in [0.2, 0.25) is 0 Å². The predicted octanol–water partition coefficient (Wildman–Crippen LogP) is 2.69. The first-order valence-electron chi connectivity index (χ1n) is 9.16. The van der Waals surface area contributed by atoms with Gasteiger partial charge in [0.25, 0.3) is 5.91 Å². The van der Waals surface area contributed by atoms with Crippen molar-refractivity contribution in [2.45, 2.75) is 25.4 Å². The minimum atomic E-state index is 0.0523. The first-order valence-corrected chi connectivity index (χ1v) is 9.16. The molecule has 5 heteroatoms. The Morgan fingerprint density at radius 2 is 2.08 bits per heavy atom. The molecule has 2 bridgehead atoms. The van der Waals surface area contributed by atoms with Crippen molar-refractivity contribution in [3.63, 3.8) is 0 Å². The average Bonchev–Trinajstić information content (AvgIpc) is 2.99. The van der Waals surface area contributed by atoms with Crippen molar-refractivity contribution >= 4 is 5.91 Å². The highest BCUT2D eigenvalue weighted by Gasteiger charge is 2.37. The van der Waals surface area contributed by atoms with Crippen molar-refractivity contribution < 1.29 is 4.79 Å². The molecular formula is C21H22N4O. The Morgan fingerprint density at radius 1 is 1.15 bits per heavy atom. The summed E-state index contributed by atoms with van der Waals surface area (Å²) in [5.41, 5.74) is 2.23. The zero-order valence-corrected chi connectivity index (χ0v) is 14.7. The highest BCUT2D eigenvalue weighted by molar-refractivity contribution is 5.95. The van der Waals surface area contributed by atoms with E-state index in [1.807, 2.05) is 29.3 Å². The Bertz CT molecular complexity index is 829. The third-order valence-electron chi connectivity index (χ3n) is 5.40. The second-order valence-electron chi connectivity index (χ2n) is 7.26. The topological polar surface area (TPSA) is 60.2 Å². The third kappa shape index (κ3) is 3.47. The van der Waals surface area contributed by atoms with Crippen LogP contribution in [-0.4, -0.2) is 46.4 Å². The van der Waals surface area contributed by atoms with Gasteiger partial charge in [0.1, 0.15) is 0 Å². The number of aromatic nitrogens is 1. The lowest BCUT2D eigenvalue weighted by Crippen LogP contribution is -2.47. The first kappa shape index (κ1) is 16.7. The van der Waals surface area contributed by atoms with E-state index in [-0.39, 0.29) is 11.9 Å². The summed E-state index contributed by atoms with van der Waals surface area (Å²) in [7, 11) is 0. The minimum absolute atomic E-state index is 0.0523. The number of pyridine rings is 1. The van der Waals surface area contributed by atoms with E-state index in [4.69, 9.17) is 5.26 Å². The lowest BCUT2D eigenvalue weighted by atomic mass is 9.94. The van der Waals surface area contributed by atoms with Crippen LogP contribution in [0.1, 0.15) is 34.5 Å². The normalized spacial score (nSPS) is 22.7. The van der Waals surface area contributed by atoms with Crippen LogP contribution < -0.4 is 0 Å². The fourth-order valence-corrected chi connectivity index (χ4v) is 4.17. The van der Waals surface area contributed by atoms with Crippen LogP contribution in [0.4, 0.5) is 0 Å². The van der Waals surface area contributed by atoms with Crippen LogP contribution in [0.25, 0.3) is 0 Å². The Hall–Kier alpha value is -2.71. The molecule has 0 aliphatic carbocycles. The van der Waals surface area contributed by atoms with Crippen molar-refractivity contribution in [3.05, 3.63) is 65.5 Å². The zero-order chi connectivity index (χ0) is 17.9. The maximum atomic E-state index is 13.1. The fraction of sp³-hybridized carbons (Fsp3) is 0.381. The van der Waals surface area contributed by atoms with Gasteiger partial charge in [0.05, 0.1) is 17.3 Å². The van der Waals surface area contributed by atoms with Gasteiger partial charge in [-0.25, -0.2) is 0 Å². The summed E-state index contributed by atoms with van der Waals surface area (Å²) >= 11 is 0. The molecule has 5 nitrogen and oxygen atoms in total. The van der Waals surface area contributed by atoms with E-state index < -0.39 is 0 Å². The Labute approximate surface area is 153 Å². The molecule has 3 aliphatic heterocycles. The van der Waals surface area contributed by atoms with E-state index in [0.29, 0.717) is 17.0 Å². The molecule has 3 aliphatic rings. The molecule has 4 heterocycles. The van der Waals surface area contributed by atoms with Crippen LogP contribution in [0.15, 0.2) is 48.7 Å². The molecule has 1 amide bonds. The second-order valence-corrected chi connectivity index (χ2v) is 7.26. The average molecular weight is 346 g/mol. The quantitative estimate of drug-likeness (QED) is 0.857. The number of carbonyl (C=O) groups excluding carboxylic acids is 1. The molecule has 2 aromatic rings. The highest BCUT2D eigenvalue weighted by atomic mass is 16.2. The number of fused-ring (bicyclic) bond motifs is 4. The number of benzene rings is 1. The SMILES string of the molecule is N#Cc1cccc(C(=O)N2C[C@H]3CC[C@@H]2CN(Cc2ccccn2)C3)c1.